The van der Waals surface area contributed by atoms with E-state index in [1.54, 1.807) is 16.7 Å². The smallest absolute Gasteiger partial charge is 0.0541 e. The van der Waals surface area contributed by atoms with E-state index in [0.717, 1.165) is 11.8 Å². The van der Waals surface area contributed by atoms with Gasteiger partial charge in [-0.15, -0.1) is 0 Å². The Morgan fingerprint density at radius 1 is 0.473 bits per heavy atom. The minimum atomic E-state index is -0.0708. The number of benzene rings is 7. The van der Waals surface area contributed by atoms with Crippen LogP contribution in [0.2, 0.25) is 0 Å². The van der Waals surface area contributed by atoms with Crippen molar-refractivity contribution < 1.29 is 0 Å². The molecule has 4 saturated carbocycles. The first-order valence-electron chi connectivity index (χ1n) is 20.6. The third-order valence-corrected chi connectivity index (χ3v) is 14.8. The summed E-state index contributed by atoms with van der Waals surface area (Å²) in [4.78, 5) is 2.55. The zero-order chi connectivity index (χ0) is 36.5. The molecule has 55 heavy (non-hydrogen) atoms. The summed E-state index contributed by atoms with van der Waals surface area (Å²) in [5.74, 6) is 3.21. The van der Waals surface area contributed by atoms with Gasteiger partial charge < -0.3 is 9.47 Å². The molecule has 7 aromatic carbocycles. The largest absolute Gasteiger partial charge is 0.310 e. The maximum absolute atomic E-state index is 2.66. The standard InChI is InChI=1S/C53H46N2/c1-52(2)45-17-7-8-18-47(45)53(37-29-34-28-35(31-37)32-38(53)30-34)48-33-41(26-27-46(48)52)54(49-21-11-13-36-12-3-4-14-42(36)49)39-22-24-40(25-23-39)55-50-19-9-5-15-43(50)44-16-6-10-20-51(44)55/h3-27,33-35,37-38H,28-32H2,1-2H3. The third-order valence-electron chi connectivity index (χ3n) is 14.8. The second-order valence-corrected chi connectivity index (χ2v) is 17.8. The molecule has 5 aliphatic carbocycles. The fourth-order valence-corrected chi connectivity index (χ4v) is 12.8. The maximum atomic E-state index is 2.66. The minimum Gasteiger partial charge on any atom is -0.310 e. The van der Waals surface area contributed by atoms with E-state index in [9.17, 15) is 0 Å². The Balaban J connectivity index is 1.08. The van der Waals surface area contributed by atoms with Gasteiger partial charge in [0.2, 0.25) is 0 Å². The first-order chi connectivity index (χ1) is 27.0. The van der Waals surface area contributed by atoms with Crippen molar-refractivity contribution in [1.82, 2.24) is 4.57 Å². The molecule has 1 aromatic heterocycles. The molecule has 4 fully saturated rings. The lowest BCUT2D eigenvalue weighted by atomic mass is 9.39. The average molecular weight is 711 g/mol. The quantitative estimate of drug-likeness (QED) is 0.177. The molecule has 2 heteroatoms. The van der Waals surface area contributed by atoms with Crippen molar-refractivity contribution in [3.63, 3.8) is 0 Å². The van der Waals surface area contributed by atoms with Gasteiger partial charge in [0.1, 0.15) is 0 Å². The summed E-state index contributed by atoms with van der Waals surface area (Å²) in [5, 5.41) is 5.11. The van der Waals surface area contributed by atoms with Crippen molar-refractivity contribution in [2.24, 2.45) is 23.7 Å². The first-order valence-corrected chi connectivity index (χ1v) is 20.6. The lowest BCUT2D eigenvalue weighted by Crippen LogP contribution is -2.58. The third kappa shape index (κ3) is 4.31. The van der Waals surface area contributed by atoms with Crippen molar-refractivity contribution >= 4 is 49.6 Å². The van der Waals surface area contributed by atoms with E-state index in [1.165, 1.54) is 93.0 Å². The van der Waals surface area contributed by atoms with Gasteiger partial charge in [-0.05, 0) is 138 Å². The van der Waals surface area contributed by atoms with Gasteiger partial charge in [0.25, 0.3) is 0 Å². The van der Waals surface area contributed by atoms with Gasteiger partial charge in [-0.2, -0.15) is 0 Å². The molecule has 0 amide bonds. The summed E-state index contributed by atoms with van der Waals surface area (Å²) < 4.78 is 2.42. The molecule has 4 bridgehead atoms. The van der Waals surface area contributed by atoms with Gasteiger partial charge in [-0.1, -0.05) is 117 Å². The lowest BCUT2D eigenvalue weighted by molar-refractivity contribution is -0.0443. The minimum absolute atomic E-state index is 0.0652. The fourth-order valence-electron chi connectivity index (χ4n) is 12.8. The molecule has 0 atom stereocenters. The highest BCUT2D eigenvalue weighted by Crippen LogP contribution is 2.69. The molecule has 268 valence electrons. The molecule has 0 saturated heterocycles. The molecule has 13 rings (SSSR count). The van der Waals surface area contributed by atoms with E-state index in [2.05, 4.69) is 181 Å². The van der Waals surface area contributed by atoms with Gasteiger partial charge in [-0.3, -0.25) is 0 Å². The van der Waals surface area contributed by atoms with Crippen LogP contribution in [0.4, 0.5) is 17.1 Å². The first kappa shape index (κ1) is 31.7. The normalized spacial score (nSPS) is 24.4. The van der Waals surface area contributed by atoms with Crippen molar-refractivity contribution in [2.75, 3.05) is 4.90 Å². The van der Waals surface area contributed by atoms with E-state index in [-0.39, 0.29) is 10.8 Å². The van der Waals surface area contributed by atoms with Crippen LogP contribution in [-0.2, 0) is 10.8 Å². The highest BCUT2D eigenvalue weighted by atomic mass is 15.1. The van der Waals surface area contributed by atoms with Crippen LogP contribution in [0.3, 0.4) is 0 Å². The van der Waals surface area contributed by atoms with E-state index < -0.39 is 0 Å². The van der Waals surface area contributed by atoms with Crippen LogP contribution < -0.4 is 4.90 Å². The topological polar surface area (TPSA) is 8.17 Å². The lowest BCUT2D eigenvalue weighted by Gasteiger charge is -2.64. The second-order valence-electron chi connectivity index (χ2n) is 17.8. The molecule has 1 spiro atoms. The van der Waals surface area contributed by atoms with Crippen LogP contribution in [0, 0.1) is 23.7 Å². The summed E-state index contributed by atoms with van der Waals surface area (Å²) in [5.41, 5.74) is 13.6. The van der Waals surface area contributed by atoms with Gasteiger partial charge in [0.05, 0.1) is 16.7 Å². The number of hydrogen-bond donors (Lipinski definition) is 0. The van der Waals surface area contributed by atoms with Crippen LogP contribution >= 0.6 is 0 Å². The van der Waals surface area contributed by atoms with E-state index in [1.807, 2.05) is 0 Å². The number of anilines is 3. The molecule has 5 aliphatic rings. The van der Waals surface area contributed by atoms with Crippen LogP contribution in [0.15, 0.2) is 158 Å². The highest BCUT2D eigenvalue weighted by molar-refractivity contribution is 6.09. The Hall–Kier alpha value is -5.60. The van der Waals surface area contributed by atoms with Gasteiger partial charge in [0.15, 0.2) is 0 Å². The zero-order valence-corrected chi connectivity index (χ0v) is 31.8. The SMILES string of the molecule is CC1(C)c2ccccc2C2(c3cc(N(c4ccc(-n5c6ccccc6c6ccccc65)cc4)c4cccc5ccccc45)ccc31)C1CC3CC(C1)CC2C3. The Kier molecular flexibility index (Phi) is 6.61. The van der Waals surface area contributed by atoms with Gasteiger partial charge in [0, 0.05) is 44.1 Å². The summed E-state index contributed by atoms with van der Waals surface area (Å²) in [7, 11) is 0. The van der Waals surface area contributed by atoms with Crippen LogP contribution in [-0.4, -0.2) is 4.57 Å². The van der Waals surface area contributed by atoms with Crippen LogP contribution in [0.1, 0.15) is 68.2 Å². The van der Waals surface area contributed by atoms with Gasteiger partial charge in [-0.25, -0.2) is 0 Å². The average Bonchev–Trinajstić information content (AvgIpc) is 3.55. The number of fused-ring (bicyclic) bond motifs is 6. The predicted octanol–water partition coefficient (Wildman–Crippen LogP) is 13.8. The Labute approximate surface area is 324 Å². The van der Waals surface area contributed by atoms with E-state index >= 15 is 0 Å². The van der Waals surface area contributed by atoms with Crippen molar-refractivity contribution in [1.29, 1.82) is 0 Å². The summed E-state index contributed by atoms with van der Waals surface area (Å²) in [6.45, 7) is 4.95. The zero-order valence-electron chi connectivity index (χ0n) is 31.8. The molecule has 0 aliphatic heterocycles. The van der Waals surface area contributed by atoms with Crippen LogP contribution in [0.5, 0.6) is 0 Å². The molecular formula is C53H46N2. The molecule has 2 nitrogen and oxygen atoms in total. The Bertz CT molecular complexity index is 2730. The summed E-state index contributed by atoms with van der Waals surface area (Å²) in [6, 6.07) is 59.8. The number of nitrogens with zero attached hydrogens (tertiary/aromatic N) is 2. The predicted molar refractivity (Wildman–Crippen MR) is 229 cm³/mol. The van der Waals surface area contributed by atoms with Crippen LogP contribution in [0.25, 0.3) is 38.3 Å². The second kappa shape index (κ2) is 11.5. The van der Waals surface area contributed by atoms with Crippen molar-refractivity contribution in [3.8, 4) is 5.69 Å². The number of para-hydroxylation sites is 2. The molecule has 0 radical (unpaired) electrons. The number of rotatable bonds is 4. The summed E-state index contributed by atoms with van der Waals surface area (Å²) in [6.07, 6.45) is 6.97. The molecule has 0 N–H and O–H groups in total. The molecule has 1 heterocycles. The number of aromatic nitrogens is 1. The summed E-state index contributed by atoms with van der Waals surface area (Å²) >= 11 is 0. The Morgan fingerprint density at radius 3 is 1.71 bits per heavy atom. The van der Waals surface area contributed by atoms with Crippen molar-refractivity contribution in [2.45, 2.75) is 56.8 Å². The van der Waals surface area contributed by atoms with Gasteiger partial charge >= 0.3 is 0 Å². The maximum Gasteiger partial charge on any atom is 0.0541 e. The fraction of sp³-hybridized carbons (Fsp3) is 0.245. The van der Waals surface area contributed by atoms with E-state index in [4.69, 9.17) is 0 Å². The number of hydrogen-bond acceptors (Lipinski definition) is 1. The van der Waals surface area contributed by atoms with E-state index in [0.29, 0.717) is 11.8 Å². The molecule has 0 unspecified atom stereocenters. The highest BCUT2D eigenvalue weighted by Gasteiger charge is 2.62. The molecular weight excluding hydrogens is 665 g/mol. The molecule has 8 aromatic rings. The van der Waals surface area contributed by atoms with Crippen molar-refractivity contribution in [3.05, 3.63) is 180 Å². The monoisotopic (exact) mass is 710 g/mol. The Morgan fingerprint density at radius 2 is 1.02 bits per heavy atom.